The van der Waals surface area contributed by atoms with E-state index in [1.165, 1.54) is 51.5 Å². The molecule has 0 spiro atoms. The Morgan fingerprint density at radius 2 is 1.75 bits per heavy atom. The molecule has 2 rings (SSSR count). The van der Waals surface area contributed by atoms with Crippen LogP contribution in [-0.4, -0.2) is 42.1 Å². The lowest BCUT2D eigenvalue weighted by atomic mass is 10.00. The average molecular weight is 281 g/mol. The van der Waals surface area contributed by atoms with Gasteiger partial charge in [-0.15, -0.1) is 0 Å². The molecule has 0 bridgehead atoms. The predicted molar refractivity (Wildman–Crippen MR) is 82.9 cm³/mol. The number of urea groups is 1. The smallest absolute Gasteiger partial charge is 0.315 e. The number of nitrogens with zero attached hydrogens (tertiary/aromatic N) is 1. The lowest BCUT2D eigenvalue weighted by Gasteiger charge is -2.38. The summed E-state index contributed by atoms with van der Waals surface area (Å²) in [5.41, 5.74) is 0. The first-order valence-electron chi connectivity index (χ1n) is 8.46. The molecule has 0 aromatic rings. The summed E-state index contributed by atoms with van der Waals surface area (Å²) in [6.07, 6.45) is 10.6. The molecule has 1 saturated carbocycles. The maximum atomic E-state index is 11.8. The standard InChI is InChI=1S/C16H31N3O/c1-13(2)17-16(20)18-14-8-7-11-19(12-14)15-9-5-3-4-6-10-15/h13-15H,3-12H2,1-2H3,(H2,17,18,20)/t14-/m1/s1. The molecule has 20 heavy (non-hydrogen) atoms. The monoisotopic (exact) mass is 281 g/mol. The SMILES string of the molecule is CC(C)NC(=O)N[C@@H]1CCCN(C2CCCCCC2)C1. The first-order chi connectivity index (χ1) is 9.65. The minimum absolute atomic E-state index is 0.00674. The van der Waals surface area contributed by atoms with Gasteiger partial charge in [-0.25, -0.2) is 4.79 Å². The third-order valence-corrected chi connectivity index (χ3v) is 4.55. The van der Waals surface area contributed by atoms with Gasteiger partial charge in [-0.05, 0) is 46.1 Å². The van der Waals surface area contributed by atoms with E-state index < -0.39 is 0 Å². The first-order valence-corrected chi connectivity index (χ1v) is 8.46. The van der Waals surface area contributed by atoms with Gasteiger partial charge in [-0.2, -0.15) is 0 Å². The second-order valence-corrected chi connectivity index (χ2v) is 6.75. The molecular formula is C16H31N3O. The van der Waals surface area contributed by atoms with Gasteiger partial charge < -0.3 is 10.6 Å². The van der Waals surface area contributed by atoms with Crippen LogP contribution in [0.2, 0.25) is 0 Å². The Labute approximate surface area is 123 Å². The summed E-state index contributed by atoms with van der Waals surface area (Å²) in [5, 5.41) is 6.07. The summed E-state index contributed by atoms with van der Waals surface area (Å²) in [6, 6.07) is 1.28. The molecule has 0 radical (unpaired) electrons. The number of carbonyl (C=O) groups is 1. The summed E-state index contributed by atoms with van der Waals surface area (Å²) < 4.78 is 0. The quantitative estimate of drug-likeness (QED) is 0.781. The molecule has 2 amide bonds. The van der Waals surface area contributed by atoms with Crippen LogP contribution in [0.1, 0.15) is 65.2 Å². The molecule has 116 valence electrons. The summed E-state index contributed by atoms with van der Waals surface area (Å²) in [4.78, 5) is 14.5. The molecule has 0 aromatic heterocycles. The third-order valence-electron chi connectivity index (χ3n) is 4.55. The van der Waals surface area contributed by atoms with Crippen molar-refractivity contribution in [2.75, 3.05) is 13.1 Å². The van der Waals surface area contributed by atoms with Crippen LogP contribution in [0, 0.1) is 0 Å². The van der Waals surface area contributed by atoms with Crippen molar-refractivity contribution in [3.05, 3.63) is 0 Å². The van der Waals surface area contributed by atoms with E-state index in [9.17, 15) is 4.79 Å². The van der Waals surface area contributed by atoms with Gasteiger partial charge in [0, 0.05) is 24.7 Å². The molecule has 2 aliphatic rings. The van der Waals surface area contributed by atoms with Gasteiger partial charge in [-0.3, -0.25) is 4.90 Å². The molecule has 1 aliphatic carbocycles. The van der Waals surface area contributed by atoms with E-state index in [0.717, 1.165) is 19.0 Å². The minimum atomic E-state index is -0.00674. The summed E-state index contributed by atoms with van der Waals surface area (Å²) in [7, 11) is 0. The number of piperidine rings is 1. The molecule has 1 heterocycles. The lowest BCUT2D eigenvalue weighted by Crippen LogP contribution is -2.53. The highest BCUT2D eigenvalue weighted by Gasteiger charge is 2.27. The van der Waals surface area contributed by atoms with Crippen molar-refractivity contribution in [2.45, 2.75) is 83.3 Å². The molecule has 4 heteroatoms. The number of nitrogens with one attached hydrogen (secondary N) is 2. The fraction of sp³-hybridized carbons (Fsp3) is 0.938. The zero-order valence-corrected chi connectivity index (χ0v) is 13.2. The van der Waals surface area contributed by atoms with Crippen LogP contribution < -0.4 is 10.6 Å². The Bertz CT molecular complexity index is 298. The molecule has 0 aromatic carbocycles. The number of hydrogen-bond donors (Lipinski definition) is 2. The van der Waals surface area contributed by atoms with Gasteiger partial charge in [0.15, 0.2) is 0 Å². The van der Waals surface area contributed by atoms with Crippen LogP contribution in [0.5, 0.6) is 0 Å². The molecular weight excluding hydrogens is 250 g/mol. The van der Waals surface area contributed by atoms with E-state index in [1.807, 2.05) is 13.8 Å². The van der Waals surface area contributed by atoms with Crippen molar-refractivity contribution in [1.82, 2.24) is 15.5 Å². The Balaban J connectivity index is 1.80. The number of likely N-dealkylation sites (tertiary alicyclic amines) is 1. The number of carbonyl (C=O) groups excluding carboxylic acids is 1. The number of rotatable bonds is 3. The number of amides is 2. The molecule has 0 unspecified atom stereocenters. The zero-order chi connectivity index (χ0) is 14.4. The van der Waals surface area contributed by atoms with Gasteiger partial charge in [0.1, 0.15) is 0 Å². The summed E-state index contributed by atoms with van der Waals surface area (Å²) in [6.45, 7) is 6.25. The normalized spacial score (nSPS) is 26.2. The van der Waals surface area contributed by atoms with Gasteiger partial charge in [0.05, 0.1) is 0 Å². The van der Waals surface area contributed by atoms with Crippen LogP contribution in [-0.2, 0) is 0 Å². The minimum Gasteiger partial charge on any atom is -0.336 e. The van der Waals surface area contributed by atoms with Crippen molar-refractivity contribution < 1.29 is 4.79 Å². The predicted octanol–water partition coefficient (Wildman–Crippen LogP) is 2.88. The molecule has 4 nitrogen and oxygen atoms in total. The highest BCUT2D eigenvalue weighted by atomic mass is 16.2. The molecule has 1 saturated heterocycles. The topological polar surface area (TPSA) is 44.4 Å². The maximum absolute atomic E-state index is 11.8. The number of hydrogen-bond acceptors (Lipinski definition) is 2. The first kappa shape index (κ1) is 15.6. The van der Waals surface area contributed by atoms with Gasteiger partial charge in [0.2, 0.25) is 0 Å². The maximum Gasteiger partial charge on any atom is 0.315 e. The largest absolute Gasteiger partial charge is 0.336 e. The van der Waals surface area contributed by atoms with Crippen molar-refractivity contribution in [1.29, 1.82) is 0 Å². The van der Waals surface area contributed by atoms with E-state index >= 15 is 0 Å². The molecule has 1 aliphatic heterocycles. The average Bonchev–Trinajstić information content (AvgIpc) is 2.66. The highest BCUT2D eigenvalue weighted by Crippen LogP contribution is 2.24. The van der Waals surface area contributed by atoms with E-state index in [0.29, 0.717) is 6.04 Å². The van der Waals surface area contributed by atoms with E-state index in [1.54, 1.807) is 0 Å². The summed E-state index contributed by atoms with van der Waals surface area (Å²) in [5.74, 6) is 0. The highest BCUT2D eigenvalue weighted by molar-refractivity contribution is 5.74. The van der Waals surface area contributed by atoms with Crippen LogP contribution >= 0.6 is 0 Å². The van der Waals surface area contributed by atoms with Crippen LogP contribution in [0.3, 0.4) is 0 Å². The molecule has 1 atom stereocenters. The fourth-order valence-corrected chi connectivity index (χ4v) is 3.57. The van der Waals surface area contributed by atoms with Gasteiger partial charge in [-0.1, -0.05) is 25.7 Å². The van der Waals surface area contributed by atoms with Crippen molar-refractivity contribution in [3.8, 4) is 0 Å². The van der Waals surface area contributed by atoms with Crippen LogP contribution in [0.15, 0.2) is 0 Å². The molecule has 2 N–H and O–H groups in total. The second kappa shape index (κ2) is 7.87. The van der Waals surface area contributed by atoms with E-state index in [-0.39, 0.29) is 12.1 Å². The Morgan fingerprint density at radius 1 is 1.05 bits per heavy atom. The van der Waals surface area contributed by atoms with Crippen molar-refractivity contribution in [2.24, 2.45) is 0 Å². The van der Waals surface area contributed by atoms with Crippen LogP contribution in [0.25, 0.3) is 0 Å². The lowest BCUT2D eigenvalue weighted by molar-refractivity contribution is 0.126. The molecule has 2 fully saturated rings. The fourth-order valence-electron chi connectivity index (χ4n) is 3.57. The summed E-state index contributed by atoms with van der Waals surface area (Å²) >= 11 is 0. The third kappa shape index (κ3) is 4.97. The van der Waals surface area contributed by atoms with E-state index in [4.69, 9.17) is 0 Å². The van der Waals surface area contributed by atoms with Crippen molar-refractivity contribution in [3.63, 3.8) is 0 Å². The Morgan fingerprint density at radius 3 is 2.40 bits per heavy atom. The Hall–Kier alpha value is -0.770. The van der Waals surface area contributed by atoms with Gasteiger partial charge >= 0.3 is 6.03 Å². The zero-order valence-electron chi connectivity index (χ0n) is 13.2. The van der Waals surface area contributed by atoms with Crippen molar-refractivity contribution >= 4 is 6.03 Å². The Kier molecular flexibility index (Phi) is 6.14. The van der Waals surface area contributed by atoms with E-state index in [2.05, 4.69) is 15.5 Å². The second-order valence-electron chi connectivity index (χ2n) is 6.75. The van der Waals surface area contributed by atoms with Gasteiger partial charge in [0.25, 0.3) is 0 Å². The van der Waals surface area contributed by atoms with Crippen LogP contribution in [0.4, 0.5) is 4.79 Å².